The zero-order valence-corrected chi connectivity index (χ0v) is 14.2. The molecule has 4 N–H and O–H groups in total. The zero-order chi connectivity index (χ0) is 18.1. The first kappa shape index (κ1) is 16.7. The molecule has 0 amide bonds. The number of carbonyl (C=O) groups is 1. The fraction of sp³-hybridized carbons (Fsp3) is 0.238. The lowest BCUT2D eigenvalue weighted by atomic mass is 9.86. The van der Waals surface area contributed by atoms with Gasteiger partial charge in [0.25, 0.3) is 0 Å². The van der Waals surface area contributed by atoms with E-state index in [1.165, 1.54) is 0 Å². The molecule has 4 rings (SSSR count). The predicted molar refractivity (Wildman–Crippen MR) is 100 cm³/mol. The van der Waals surface area contributed by atoms with Crippen LogP contribution in [0.15, 0.2) is 54.7 Å². The minimum atomic E-state index is -0.662. The van der Waals surface area contributed by atoms with Crippen molar-refractivity contribution in [2.75, 3.05) is 0 Å². The second-order valence-corrected chi connectivity index (χ2v) is 6.75. The fourth-order valence-corrected chi connectivity index (χ4v) is 3.73. The van der Waals surface area contributed by atoms with Crippen molar-refractivity contribution in [2.45, 2.75) is 31.0 Å². The van der Waals surface area contributed by atoms with Crippen LogP contribution in [0.1, 0.15) is 22.7 Å². The van der Waals surface area contributed by atoms with Crippen LogP contribution in [0.3, 0.4) is 0 Å². The number of para-hydroxylation sites is 1. The molecular formula is C21H20N3O2. The van der Waals surface area contributed by atoms with Crippen molar-refractivity contribution in [3.8, 4) is 0 Å². The molecule has 0 saturated heterocycles. The molecule has 2 aromatic carbocycles. The van der Waals surface area contributed by atoms with Crippen molar-refractivity contribution < 1.29 is 9.59 Å². The van der Waals surface area contributed by atoms with Gasteiger partial charge in [-0.15, -0.1) is 0 Å². The number of aromatic amines is 1. The van der Waals surface area contributed by atoms with Gasteiger partial charge in [-0.1, -0.05) is 42.5 Å². The van der Waals surface area contributed by atoms with Gasteiger partial charge in [-0.05, 0) is 35.6 Å². The largest absolute Gasteiger partial charge is 0.361 e. The van der Waals surface area contributed by atoms with Gasteiger partial charge in [-0.3, -0.25) is 14.9 Å². The SMILES string of the molecule is NC(Cc1c[nH]c2ccccc12)C(=O)C1NC([C]=O)Cc2ccccc21. The molecule has 1 aromatic heterocycles. The highest BCUT2D eigenvalue weighted by molar-refractivity contribution is 5.92. The van der Waals surface area contributed by atoms with Crippen LogP contribution in [0, 0.1) is 0 Å². The summed E-state index contributed by atoms with van der Waals surface area (Å²) in [6.45, 7) is 0. The molecule has 5 nitrogen and oxygen atoms in total. The number of rotatable bonds is 5. The van der Waals surface area contributed by atoms with E-state index in [4.69, 9.17) is 5.73 Å². The Morgan fingerprint density at radius 1 is 1.19 bits per heavy atom. The number of hydrogen-bond acceptors (Lipinski definition) is 4. The second kappa shape index (κ2) is 6.86. The number of benzene rings is 2. The van der Waals surface area contributed by atoms with E-state index in [-0.39, 0.29) is 5.78 Å². The first-order valence-electron chi connectivity index (χ1n) is 8.73. The number of ketones is 1. The van der Waals surface area contributed by atoms with Crippen LogP contribution >= 0.6 is 0 Å². The van der Waals surface area contributed by atoms with Crippen molar-refractivity contribution in [3.63, 3.8) is 0 Å². The third-order valence-electron chi connectivity index (χ3n) is 5.06. The molecule has 3 aromatic rings. The lowest BCUT2D eigenvalue weighted by Gasteiger charge is -2.30. The molecule has 0 spiro atoms. The molecule has 0 fully saturated rings. The summed E-state index contributed by atoms with van der Waals surface area (Å²) in [5.74, 6) is -0.109. The monoisotopic (exact) mass is 346 g/mol. The number of aromatic nitrogens is 1. The van der Waals surface area contributed by atoms with Crippen LogP contribution in [-0.4, -0.2) is 29.1 Å². The van der Waals surface area contributed by atoms with Crippen molar-refractivity contribution in [2.24, 2.45) is 5.73 Å². The Hall–Kier alpha value is -2.76. The van der Waals surface area contributed by atoms with Gasteiger partial charge in [0.05, 0.1) is 18.1 Å². The van der Waals surface area contributed by atoms with Crippen molar-refractivity contribution in [1.29, 1.82) is 0 Å². The van der Waals surface area contributed by atoms with E-state index >= 15 is 0 Å². The number of carbonyl (C=O) groups excluding carboxylic acids is 2. The van der Waals surface area contributed by atoms with Crippen LogP contribution in [0.2, 0.25) is 0 Å². The maximum atomic E-state index is 13.1. The van der Waals surface area contributed by atoms with Crippen molar-refractivity contribution in [3.05, 3.63) is 71.4 Å². The van der Waals surface area contributed by atoms with Gasteiger partial charge in [0, 0.05) is 17.1 Å². The molecule has 3 unspecified atom stereocenters. The number of nitrogens with two attached hydrogens (primary N) is 1. The van der Waals surface area contributed by atoms with Crippen molar-refractivity contribution >= 4 is 23.0 Å². The molecule has 5 heteroatoms. The highest BCUT2D eigenvalue weighted by Gasteiger charge is 2.33. The molecule has 0 bridgehead atoms. The summed E-state index contributed by atoms with van der Waals surface area (Å²) in [5.41, 5.74) is 10.2. The Morgan fingerprint density at radius 3 is 2.81 bits per heavy atom. The van der Waals surface area contributed by atoms with Crippen LogP contribution in [0.25, 0.3) is 10.9 Å². The topological polar surface area (TPSA) is 88.0 Å². The van der Waals surface area contributed by atoms with Gasteiger partial charge < -0.3 is 10.7 Å². The standard InChI is InChI=1S/C21H20N3O2/c22-18(10-14-11-23-19-8-4-3-6-16(14)19)21(26)20-17-7-2-1-5-13(17)9-15(12-25)24-20/h1-8,11,15,18,20,23-24H,9-10,22H2. The number of Topliss-reactive ketones (excluding diaryl/α,β-unsaturated/α-hetero) is 1. The molecule has 3 atom stereocenters. The molecule has 1 aliphatic rings. The molecule has 2 heterocycles. The summed E-state index contributed by atoms with van der Waals surface area (Å²) >= 11 is 0. The number of H-pyrrole nitrogens is 1. The first-order valence-corrected chi connectivity index (χ1v) is 8.73. The first-order chi connectivity index (χ1) is 12.7. The Morgan fingerprint density at radius 2 is 1.96 bits per heavy atom. The van der Waals surface area contributed by atoms with Gasteiger partial charge in [-0.25, -0.2) is 0 Å². The van der Waals surface area contributed by atoms with Crippen LogP contribution < -0.4 is 11.1 Å². The summed E-state index contributed by atoms with van der Waals surface area (Å²) in [6, 6.07) is 13.9. The average molecular weight is 346 g/mol. The van der Waals surface area contributed by atoms with E-state index in [9.17, 15) is 9.59 Å². The summed E-state index contributed by atoms with van der Waals surface area (Å²) in [6.07, 6.45) is 4.87. The van der Waals surface area contributed by atoms with Gasteiger partial charge in [0.15, 0.2) is 5.78 Å². The molecule has 1 radical (unpaired) electrons. The summed E-state index contributed by atoms with van der Waals surface area (Å²) in [5, 5.41) is 4.17. The molecule has 26 heavy (non-hydrogen) atoms. The lowest BCUT2D eigenvalue weighted by molar-refractivity contribution is -0.122. The van der Waals surface area contributed by atoms with E-state index in [2.05, 4.69) is 10.3 Å². The molecule has 1 aliphatic heterocycles. The molecule has 0 saturated carbocycles. The highest BCUT2D eigenvalue weighted by Crippen LogP contribution is 2.27. The summed E-state index contributed by atoms with van der Waals surface area (Å²) < 4.78 is 0. The maximum absolute atomic E-state index is 13.1. The quantitative estimate of drug-likeness (QED) is 0.659. The van der Waals surface area contributed by atoms with E-state index in [0.717, 1.165) is 27.6 Å². The Labute approximate surface area is 151 Å². The smallest absolute Gasteiger partial charge is 0.217 e. The zero-order valence-electron chi connectivity index (χ0n) is 14.2. The Kier molecular flexibility index (Phi) is 4.41. The Balaban J connectivity index is 1.59. The molecule has 0 aliphatic carbocycles. The van der Waals surface area contributed by atoms with E-state index in [1.807, 2.05) is 61.0 Å². The number of fused-ring (bicyclic) bond motifs is 2. The summed E-state index contributed by atoms with van der Waals surface area (Å²) in [7, 11) is 0. The van der Waals surface area contributed by atoms with Gasteiger partial charge in [0.1, 0.15) is 0 Å². The van der Waals surface area contributed by atoms with Gasteiger partial charge >= 0.3 is 0 Å². The Bertz CT molecular complexity index is 963. The predicted octanol–water partition coefficient (Wildman–Crippen LogP) is 1.97. The minimum absolute atomic E-state index is 0.109. The van der Waals surface area contributed by atoms with E-state index < -0.39 is 18.1 Å². The van der Waals surface area contributed by atoms with Gasteiger partial charge in [-0.2, -0.15) is 0 Å². The number of hydrogen-bond donors (Lipinski definition) is 3. The van der Waals surface area contributed by atoms with Gasteiger partial charge in [0.2, 0.25) is 6.29 Å². The number of nitrogens with one attached hydrogen (secondary N) is 2. The minimum Gasteiger partial charge on any atom is -0.361 e. The van der Waals surface area contributed by atoms with Crippen molar-refractivity contribution in [1.82, 2.24) is 10.3 Å². The lowest BCUT2D eigenvalue weighted by Crippen LogP contribution is -2.48. The van der Waals surface area contributed by atoms with Crippen LogP contribution in [0.4, 0.5) is 0 Å². The molecule has 131 valence electrons. The summed E-state index contributed by atoms with van der Waals surface area (Å²) in [4.78, 5) is 27.4. The highest BCUT2D eigenvalue weighted by atomic mass is 16.1. The van der Waals surface area contributed by atoms with E-state index in [1.54, 1.807) is 0 Å². The van der Waals surface area contributed by atoms with Crippen LogP contribution in [0.5, 0.6) is 0 Å². The fourth-order valence-electron chi connectivity index (χ4n) is 3.73. The maximum Gasteiger partial charge on any atom is 0.217 e. The third kappa shape index (κ3) is 2.96. The van der Waals surface area contributed by atoms with E-state index in [0.29, 0.717) is 12.8 Å². The third-order valence-corrected chi connectivity index (χ3v) is 5.06. The average Bonchev–Trinajstić information content (AvgIpc) is 3.09. The molecular weight excluding hydrogens is 326 g/mol. The van der Waals surface area contributed by atoms with Crippen LogP contribution in [-0.2, 0) is 22.4 Å². The normalized spacial score (nSPS) is 20.5. The second-order valence-electron chi connectivity index (χ2n) is 6.75.